The van der Waals surface area contributed by atoms with Gasteiger partial charge < -0.3 is 15.1 Å². The molecule has 31 heavy (non-hydrogen) atoms. The molecule has 1 atom stereocenters. The summed E-state index contributed by atoms with van der Waals surface area (Å²) in [6, 6.07) is 0.331. The summed E-state index contributed by atoms with van der Waals surface area (Å²) < 4.78 is 38.3. The molecule has 1 amide bonds. The molecular weight excluding hydrogens is 456 g/mol. The maximum absolute atomic E-state index is 12.9. The van der Waals surface area contributed by atoms with Crippen molar-refractivity contribution in [3.8, 4) is 0 Å². The van der Waals surface area contributed by atoms with Crippen LogP contribution in [0, 0.1) is 0 Å². The van der Waals surface area contributed by atoms with Crippen LogP contribution in [0.2, 0.25) is 10.2 Å². The van der Waals surface area contributed by atoms with E-state index in [-0.39, 0.29) is 22.8 Å². The van der Waals surface area contributed by atoms with Crippen LogP contribution in [0.3, 0.4) is 0 Å². The van der Waals surface area contributed by atoms with Crippen molar-refractivity contribution < 1.29 is 18.0 Å². The van der Waals surface area contributed by atoms with E-state index in [1.54, 1.807) is 6.20 Å². The first-order valence-electron chi connectivity index (χ1n) is 9.74. The molecule has 4 rings (SSSR count). The first-order valence-corrected chi connectivity index (χ1v) is 10.5. The number of carbonyl (C=O) groups excluding carboxylic acids is 1. The number of carbonyl (C=O) groups is 1. The molecule has 2 aliphatic heterocycles. The van der Waals surface area contributed by atoms with E-state index in [4.69, 9.17) is 23.2 Å². The molecule has 1 N–H and O–H groups in total. The smallest absolute Gasteiger partial charge is 0.357 e. The largest absolute Gasteiger partial charge is 0.417 e. The Morgan fingerprint density at radius 3 is 2.35 bits per heavy atom. The number of anilines is 2. The maximum atomic E-state index is 12.9. The second-order valence-electron chi connectivity index (χ2n) is 7.48. The van der Waals surface area contributed by atoms with Gasteiger partial charge in [-0.2, -0.15) is 13.2 Å². The molecule has 4 heterocycles. The molecule has 2 saturated heterocycles. The lowest BCUT2D eigenvalue weighted by atomic mass is 10.0. The fourth-order valence-electron chi connectivity index (χ4n) is 3.94. The van der Waals surface area contributed by atoms with Gasteiger partial charge in [-0.25, -0.2) is 15.0 Å². The summed E-state index contributed by atoms with van der Waals surface area (Å²) in [5.41, 5.74) is -0.931. The SMILES string of the molecule is O=C1[C@@H](Nc2ncc(C(F)(F)F)cc2Cl)CCN1C1CCN(c2cnc(Cl)cn2)CC1. The molecule has 0 bridgehead atoms. The number of nitrogens with one attached hydrogen (secondary N) is 1. The van der Waals surface area contributed by atoms with Crippen LogP contribution in [0.4, 0.5) is 24.8 Å². The molecule has 2 aliphatic rings. The summed E-state index contributed by atoms with van der Waals surface area (Å²) in [5, 5.41) is 3.07. The standard InChI is InChI=1S/C19H19Cl2F3N6O/c20-13-7-11(19(22,23)24)8-27-17(13)28-14-3-6-30(18(14)31)12-1-4-29(5-2-12)16-10-25-15(21)9-26-16/h7-10,12,14H,1-6H2,(H,27,28)/t14-/m0/s1. The minimum absolute atomic E-state index is 0.0750. The maximum Gasteiger partial charge on any atom is 0.417 e. The van der Waals surface area contributed by atoms with E-state index in [0.29, 0.717) is 24.3 Å². The van der Waals surface area contributed by atoms with Gasteiger partial charge in [0.1, 0.15) is 22.8 Å². The highest BCUT2D eigenvalue weighted by Crippen LogP contribution is 2.33. The molecule has 12 heteroatoms. The van der Waals surface area contributed by atoms with Gasteiger partial charge >= 0.3 is 6.18 Å². The van der Waals surface area contributed by atoms with E-state index in [9.17, 15) is 18.0 Å². The Morgan fingerprint density at radius 2 is 1.74 bits per heavy atom. The number of halogens is 5. The van der Waals surface area contributed by atoms with Crippen molar-refractivity contribution in [3.63, 3.8) is 0 Å². The Bertz CT molecular complexity index is 951. The number of amides is 1. The monoisotopic (exact) mass is 474 g/mol. The zero-order valence-corrected chi connectivity index (χ0v) is 17.8. The fourth-order valence-corrected chi connectivity index (χ4v) is 4.26. The van der Waals surface area contributed by atoms with Gasteiger partial charge in [0.05, 0.1) is 23.0 Å². The van der Waals surface area contributed by atoms with Crippen LogP contribution in [0.25, 0.3) is 0 Å². The second-order valence-corrected chi connectivity index (χ2v) is 8.28. The van der Waals surface area contributed by atoms with Gasteiger partial charge in [0, 0.05) is 31.9 Å². The first-order chi connectivity index (χ1) is 14.7. The highest BCUT2D eigenvalue weighted by Gasteiger charge is 2.38. The molecular formula is C19H19Cl2F3N6O. The van der Waals surface area contributed by atoms with E-state index in [2.05, 4.69) is 25.2 Å². The van der Waals surface area contributed by atoms with Crippen molar-refractivity contribution in [2.45, 2.75) is 37.5 Å². The van der Waals surface area contributed by atoms with E-state index in [1.165, 1.54) is 6.20 Å². The summed E-state index contributed by atoms with van der Waals surface area (Å²) in [7, 11) is 0. The molecule has 0 aliphatic carbocycles. The molecule has 166 valence electrons. The van der Waals surface area contributed by atoms with Crippen LogP contribution < -0.4 is 10.2 Å². The number of pyridine rings is 1. The predicted molar refractivity (Wildman–Crippen MR) is 110 cm³/mol. The van der Waals surface area contributed by atoms with Gasteiger partial charge in [0.2, 0.25) is 5.91 Å². The lowest BCUT2D eigenvalue weighted by molar-refractivity contribution is -0.137. The number of hydrogen-bond acceptors (Lipinski definition) is 6. The normalized spacial score (nSPS) is 20.4. The van der Waals surface area contributed by atoms with Gasteiger partial charge in [0.15, 0.2) is 0 Å². The zero-order valence-electron chi connectivity index (χ0n) is 16.2. The Labute approximate surface area is 186 Å². The second kappa shape index (κ2) is 8.66. The van der Waals surface area contributed by atoms with Gasteiger partial charge in [-0.15, -0.1) is 0 Å². The molecule has 0 radical (unpaired) electrons. The summed E-state index contributed by atoms with van der Waals surface area (Å²) in [4.78, 5) is 28.9. The molecule has 2 fully saturated rings. The van der Waals surface area contributed by atoms with E-state index in [1.807, 2.05) is 4.90 Å². The third kappa shape index (κ3) is 4.79. The van der Waals surface area contributed by atoms with E-state index >= 15 is 0 Å². The third-order valence-corrected chi connectivity index (χ3v) is 6.04. The summed E-state index contributed by atoms with van der Waals surface area (Å²) >= 11 is 11.7. The Kier molecular flexibility index (Phi) is 6.11. The topological polar surface area (TPSA) is 74.2 Å². The average molecular weight is 475 g/mol. The van der Waals surface area contributed by atoms with E-state index < -0.39 is 17.8 Å². The zero-order chi connectivity index (χ0) is 22.2. The van der Waals surface area contributed by atoms with Crippen LogP contribution in [-0.2, 0) is 11.0 Å². The summed E-state index contributed by atoms with van der Waals surface area (Å²) in [6.07, 6.45) is 1.40. The van der Waals surface area contributed by atoms with Crippen molar-refractivity contribution in [1.29, 1.82) is 0 Å². The fraction of sp³-hybridized carbons (Fsp3) is 0.474. The number of likely N-dealkylation sites (tertiary alicyclic amines) is 1. The summed E-state index contributed by atoms with van der Waals surface area (Å²) in [5.74, 6) is 0.728. The van der Waals surface area contributed by atoms with Crippen molar-refractivity contribution in [2.24, 2.45) is 0 Å². The van der Waals surface area contributed by atoms with Crippen LogP contribution >= 0.6 is 23.2 Å². The lowest BCUT2D eigenvalue weighted by Crippen LogP contribution is -2.47. The van der Waals surface area contributed by atoms with Crippen LogP contribution in [0.1, 0.15) is 24.8 Å². The van der Waals surface area contributed by atoms with Gasteiger partial charge in [-0.3, -0.25) is 4.79 Å². The number of rotatable bonds is 4. The molecule has 0 spiro atoms. The quantitative estimate of drug-likeness (QED) is 0.724. The van der Waals surface area contributed by atoms with Gasteiger partial charge in [0.25, 0.3) is 0 Å². The van der Waals surface area contributed by atoms with Gasteiger partial charge in [-0.1, -0.05) is 23.2 Å². The highest BCUT2D eigenvalue weighted by molar-refractivity contribution is 6.33. The van der Waals surface area contributed by atoms with Gasteiger partial charge in [-0.05, 0) is 25.3 Å². The molecule has 2 aromatic heterocycles. The van der Waals surface area contributed by atoms with Crippen LogP contribution in [-0.4, -0.2) is 57.5 Å². The molecule has 0 saturated carbocycles. The average Bonchev–Trinajstić information content (AvgIpc) is 3.10. The van der Waals surface area contributed by atoms with Crippen LogP contribution in [0.15, 0.2) is 24.7 Å². The third-order valence-electron chi connectivity index (χ3n) is 5.56. The molecule has 7 nitrogen and oxygen atoms in total. The van der Waals surface area contributed by atoms with Crippen molar-refractivity contribution in [1.82, 2.24) is 19.9 Å². The first kappa shape index (κ1) is 21.9. The minimum atomic E-state index is -4.53. The van der Waals surface area contributed by atoms with Crippen molar-refractivity contribution in [2.75, 3.05) is 29.9 Å². The van der Waals surface area contributed by atoms with E-state index in [0.717, 1.165) is 37.8 Å². The Hall–Kier alpha value is -2.33. The predicted octanol–water partition coefficient (Wildman–Crippen LogP) is 3.88. The lowest BCUT2D eigenvalue weighted by Gasteiger charge is -2.37. The van der Waals surface area contributed by atoms with Crippen molar-refractivity contribution >= 4 is 40.7 Å². The number of aromatic nitrogens is 3. The number of nitrogens with zero attached hydrogens (tertiary/aromatic N) is 5. The molecule has 0 aromatic carbocycles. The Morgan fingerprint density at radius 1 is 1.00 bits per heavy atom. The minimum Gasteiger partial charge on any atom is -0.357 e. The number of alkyl halides is 3. The van der Waals surface area contributed by atoms with Crippen LogP contribution in [0.5, 0.6) is 0 Å². The summed E-state index contributed by atoms with van der Waals surface area (Å²) in [6.45, 7) is 2.03. The van der Waals surface area contributed by atoms with Crippen molar-refractivity contribution in [3.05, 3.63) is 40.4 Å². The highest BCUT2D eigenvalue weighted by atomic mass is 35.5. The Balaban J connectivity index is 1.35. The molecule has 2 aromatic rings. The molecule has 0 unspecified atom stereocenters. The number of hydrogen-bond donors (Lipinski definition) is 1. The number of piperidine rings is 1.